The number of hydrogen-bond donors (Lipinski definition) is 1. The van der Waals surface area contributed by atoms with Crippen molar-refractivity contribution in [2.45, 2.75) is 32.0 Å². The third-order valence-electron chi connectivity index (χ3n) is 2.30. The van der Waals surface area contributed by atoms with E-state index in [9.17, 15) is 0 Å². The summed E-state index contributed by atoms with van der Waals surface area (Å²) in [6.45, 7) is 2.07. The summed E-state index contributed by atoms with van der Waals surface area (Å²) in [5.41, 5.74) is 7.98. The van der Waals surface area contributed by atoms with Gasteiger partial charge in [0.1, 0.15) is 0 Å². The quantitative estimate of drug-likeness (QED) is 0.519. The van der Waals surface area contributed by atoms with E-state index in [-0.39, 0.29) is 6.10 Å². The summed E-state index contributed by atoms with van der Waals surface area (Å²) in [6, 6.07) is 0. The smallest absolute Gasteiger partial charge is 0.0976 e. The number of nitrogens with two attached hydrogens (primary N) is 1. The zero-order valence-electron chi connectivity index (χ0n) is 5.55. The van der Waals surface area contributed by atoms with Crippen molar-refractivity contribution in [2.75, 3.05) is 0 Å². The van der Waals surface area contributed by atoms with Crippen molar-refractivity contribution < 1.29 is 4.74 Å². The summed E-state index contributed by atoms with van der Waals surface area (Å²) in [5, 5.41) is 0. The first-order valence-corrected chi connectivity index (χ1v) is 3.40. The molecule has 9 heavy (non-hydrogen) atoms. The summed E-state index contributed by atoms with van der Waals surface area (Å²) in [4.78, 5) is 0. The number of ether oxygens (including phenoxy) is 1. The number of rotatable bonds is 0. The molecule has 2 unspecified atom stereocenters. The third-order valence-corrected chi connectivity index (χ3v) is 2.30. The van der Waals surface area contributed by atoms with Crippen molar-refractivity contribution in [2.24, 2.45) is 5.73 Å². The highest BCUT2D eigenvalue weighted by Gasteiger charge is 2.36. The minimum atomic E-state index is 0.273. The van der Waals surface area contributed by atoms with Gasteiger partial charge in [-0.05, 0) is 25.3 Å². The van der Waals surface area contributed by atoms with E-state index in [1.807, 2.05) is 0 Å². The second kappa shape index (κ2) is 1.51. The van der Waals surface area contributed by atoms with Crippen LogP contribution in [0.15, 0.2) is 11.3 Å². The van der Waals surface area contributed by atoms with Crippen LogP contribution in [0.2, 0.25) is 0 Å². The lowest BCUT2D eigenvalue weighted by Gasteiger charge is -2.07. The lowest BCUT2D eigenvalue weighted by Crippen LogP contribution is -2.14. The van der Waals surface area contributed by atoms with Crippen LogP contribution in [0.3, 0.4) is 0 Å². The van der Waals surface area contributed by atoms with Crippen molar-refractivity contribution in [3.05, 3.63) is 11.3 Å². The Balaban J connectivity index is 2.36. The van der Waals surface area contributed by atoms with Crippen LogP contribution in [0.4, 0.5) is 0 Å². The van der Waals surface area contributed by atoms with Gasteiger partial charge in [-0.1, -0.05) is 0 Å². The van der Waals surface area contributed by atoms with E-state index in [0.29, 0.717) is 6.10 Å². The van der Waals surface area contributed by atoms with Crippen molar-refractivity contribution in [3.63, 3.8) is 0 Å². The topological polar surface area (TPSA) is 35.2 Å². The molecule has 2 aliphatic rings. The lowest BCUT2D eigenvalue weighted by molar-refractivity contribution is 0.111. The first-order chi connectivity index (χ1) is 4.29. The predicted octanol–water partition coefficient (Wildman–Crippen LogP) is 0.780. The highest BCUT2D eigenvalue weighted by molar-refractivity contribution is 5.25. The summed E-state index contributed by atoms with van der Waals surface area (Å²) >= 11 is 0. The molecule has 1 fully saturated rings. The molecule has 2 nitrogen and oxygen atoms in total. The molecule has 2 rings (SSSR count). The molecule has 2 N–H and O–H groups in total. The molecule has 0 aromatic rings. The fraction of sp³-hybridized carbons (Fsp3) is 0.714. The molecule has 2 aliphatic heterocycles. The monoisotopic (exact) mass is 125 g/mol. The molecule has 50 valence electrons. The zero-order chi connectivity index (χ0) is 6.43. The maximum atomic E-state index is 5.72. The van der Waals surface area contributed by atoms with Gasteiger partial charge in [0, 0.05) is 5.70 Å². The highest BCUT2D eigenvalue weighted by Crippen LogP contribution is 2.36. The Hall–Kier alpha value is -0.500. The van der Waals surface area contributed by atoms with Crippen molar-refractivity contribution in [1.29, 1.82) is 0 Å². The van der Waals surface area contributed by atoms with Gasteiger partial charge in [0.05, 0.1) is 12.2 Å². The van der Waals surface area contributed by atoms with Crippen molar-refractivity contribution in [3.8, 4) is 0 Å². The maximum absolute atomic E-state index is 5.72. The van der Waals surface area contributed by atoms with Crippen LogP contribution >= 0.6 is 0 Å². The molecule has 0 aromatic carbocycles. The van der Waals surface area contributed by atoms with Crippen LogP contribution in [0.5, 0.6) is 0 Å². The van der Waals surface area contributed by atoms with Gasteiger partial charge < -0.3 is 10.5 Å². The summed E-state index contributed by atoms with van der Waals surface area (Å²) in [6.07, 6.45) is 2.95. The Morgan fingerprint density at radius 3 is 2.44 bits per heavy atom. The Morgan fingerprint density at radius 1 is 1.44 bits per heavy atom. The minimum absolute atomic E-state index is 0.273. The Morgan fingerprint density at radius 2 is 2.11 bits per heavy atom. The molecule has 2 heteroatoms. The van der Waals surface area contributed by atoms with E-state index in [0.717, 1.165) is 12.1 Å². The maximum Gasteiger partial charge on any atom is 0.0976 e. The molecule has 0 spiro atoms. The molecule has 0 aromatic heterocycles. The Labute approximate surface area is 54.7 Å². The zero-order valence-corrected chi connectivity index (χ0v) is 5.55. The lowest BCUT2D eigenvalue weighted by atomic mass is 9.98. The standard InChI is InChI=1S/C7H11NO/c1-4-5-2-3-6(9-5)7(4)8/h5-6H,2-3,8H2,1H3. The van der Waals surface area contributed by atoms with Crippen LogP contribution < -0.4 is 5.73 Å². The fourth-order valence-electron chi connectivity index (χ4n) is 1.62. The minimum Gasteiger partial charge on any atom is -0.400 e. The van der Waals surface area contributed by atoms with Gasteiger partial charge in [-0.2, -0.15) is 0 Å². The highest BCUT2D eigenvalue weighted by atomic mass is 16.5. The summed E-state index contributed by atoms with van der Waals surface area (Å²) in [5.74, 6) is 0. The molecule has 0 saturated carbocycles. The van der Waals surface area contributed by atoms with Gasteiger partial charge in [-0.25, -0.2) is 0 Å². The first-order valence-electron chi connectivity index (χ1n) is 3.40. The van der Waals surface area contributed by atoms with Crippen molar-refractivity contribution in [1.82, 2.24) is 0 Å². The van der Waals surface area contributed by atoms with Crippen LogP contribution in [0.25, 0.3) is 0 Å². The van der Waals surface area contributed by atoms with E-state index < -0.39 is 0 Å². The normalized spacial score (nSPS) is 40.6. The van der Waals surface area contributed by atoms with Gasteiger partial charge in [0.2, 0.25) is 0 Å². The van der Waals surface area contributed by atoms with E-state index in [1.54, 1.807) is 0 Å². The molecule has 0 aliphatic carbocycles. The van der Waals surface area contributed by atoms with E-state index in [4.69, 9.17) is 10.5 Å². The average Bonchev–Trinajstić information content (AvgIpc) is 2.37. The van der Waals surface area contributed by atoms with Gasteiger partial charge in [-0.3, -0.25) is 0 Å². The van der Waals surface area contributed by atoms with Crippen LogP contribution in [0.1, 0.15) is 19.8 Å². The van der Waals surface area contributed by atoms with Gasteiger partial charge in [-0.15, -0.1) is 0 Å². The molecular formula is C7H11NO. The van der Waals surface area contributed by atoms with Crippen LogP contribution in [-0.2, 0) is 4.74 Å². The molecule has 0 amide bonds. The van der Waals surface area contributed by atoms with E-state index >= 15 is 0 Å². The second-order valence-corrected chi connectivity index (χ2v) is 2.83. The molecule has 2 bridgehead atoms. The van der Waals surface area contributed by atoms with E-state index in [2.05, 4.69) is 6.92 Å². The average molecular weight is 125 g/mol. The first kappa shape index (κ1) is 5.30. The molecule has 0 radical (unpaired) electrons. The number of fused-ring (bicyclic) bond motifs is 2. The Kier molecular flexibility index (Phi) is 0.887. The third kappa shape index (κ3) is 0.540. The summed E-state index contributed by atoms with van der Waals surface area (Å²) in [7, 11) is 0. The van der Waals surface area contributed by atoms with Gasteiger partial charge in [0.25, 0.3) is 0 Å². The van der Waals surface area contributed by atoms with Crippen LogP contribution in [-0.4, -0.2) is 12.2 Å². The SMILES string of the molecule is CC1=C(N)C2CCC1O2. The summed E-state index contributed by atoms with van der Waals surface area (Å²) < 4.78 is 5.50. The second-order valence-electron chi connectivity index (χ2n) is 2.83. The molecule has 2 atom stereocenters. The fourth-order valence-corrected chi connectivity index (χ4v) is 1.62. The largest absolute Gasteiger partial charge is 0.400 e. The molecule has 1 saturated heterocycles. The predicted molar refractivity (Wildman–Crippen MR) is 34.8 cm³/mol. The van der Waals surface area contributed by atoms with Gasteiger partial charge in [0.15, 0.2) is 0 Å². The van der Waals surface area contributed by atoms with E-state index in [1.165, 1.54) is 12.0 Å². The Bertz CT molecular complexity index is 156. The molecular weight excluding hydrogens is 114 g/mol. The molecule has 2 heterocycles. The number of hydrogen-bond acceptors (Lipinski definition) is 2. The van der Waals surface area contributed by atoms with Gasteiger partial charge >= 0.3 is 0 Å². The van der Waals surface area contributed by atoms with Crippen LogP contribution in [0, 0.1) is 0 Å². The van der Waals surface area contributed by atoms with Crippen molar-refractivity contribution >= 4 is 0 Å².